The molecule has 1 aromatic rings. The van der Waals surface area contributed by atoms with Gasteiger partial charge in [0, 0.05) is 45.5 Å². The van der Waals surface area contributed by atoms with Crippen molar-refractivity contribution in [3.05, 3.63) is 17.1 Å². The minimum Gasteiger partial charge on any atom is -0.373 e. The molecule has 8 heteroatoms. The second-order valence-corrected chi connectivity index (χ2v) is 9.12. The van der Waals surface area contributed by atoms with Crippen LogP contribution < -0.4 is 5.32 Å². The van der Waals surface area contributed by atoms with E-state index in [9.17, 15) is 9.59 Å². The fraction of sp³-hybridized carbons (Fsp3) is 0.739. The van der Waals surface area contributed by atoms with Crippen molar-refractivity contribution in [1.29, 1.82) is 0 Å². The number of carbonyl (C=O) groups is 2. The number of rotatable bonds is 5. The van der Waals surface area contributed by atoms with Crippen molar-refractivity contribution in [2.24, 2.45) is 5.92 Å². The Morgan fingerprint density at radius 2 is 1.87 bits per heavy atom. The summed E-state index contributed by atoms with van der Waals surface area (Å²) in [5.74, 6) is 2.37. The van der Waals surface area contributed by atoms with Crippen LogP contribution in [0.5, 0.6) is 0 Å². The lowest BCUT2D eigenvalue weighted by Gasteiger charge is -2.33. The highest BCUT2D eigenvalue weighted by Gasteiger charge is 2.35. The average molecular weight is 429 g/mol. The Hall–Kier alpha value is -2.22. The molecule has 0 spiro atoms. The van der Waals surface area contributed by atoms with Crippen molar-refractivity contribution in [3.8, 4) is 0 Å². The summed E-state index contributed by atoms with van der Waals surface area (Å²) in [5.41, 5.74) is 2.02. The lowest BCUT2D eigenvalue weighted by molar-refractivity contribution is -0.133. The fourth-order valence-corrected chi connectivity index (χ4v) is 5.26. The van der Waals surface area contributed by atoms with Gasteiger partial charge in [-0.3, -0.25) is 9.59 Å². The fourth-order valence-electron chi connectivity index (χ4n) is 5.26. The van der Waals surface area contributed by atoms with Crippen LogP contribution in [-0.2, 0) is 22.6 Å². The molecule has 2 amide bonds. The highest BCUT2D eigenvalue weighted by atomic mass is 16.2. The molecule has 2 saturated heterocycles. The molecule has 0 aromatic carbocycles. The van der Waals surface area contributed by atoms with Crippen LogP contribution in [0.15, 0.2) is 0 Å². The first-order valence-corrected chi connectivity index (χ1v) is 11.8. The van der Waals surface area contributed by atoms with Gasteiger partial charge >= 0.3 is 0 Å². The molecule has 1 N–H and O–H groups in total. The van der Waals surface area contributed by atoms with Gasteiger partial charge in [0.1, 0.15) is 5.82 Å². The summed E-state index contributed by atoms with van der Waals surface area (Å²) in [6, 6.07) is -0.0357. The molecule has 4 rings (SSSR count). The molecule has 0 radical (unpaired) electrons. The lowest BCUT2D eigenvalue weighted by atomic mass is 9.93. The quantitative estimate of drug-likeness (QED) is 0.774. The molecule has 170 valence electrons. The van der Waals surface area contributed by atoms with E-state index in [0.29, 0.717) is 25.4 Å². The minimum atomic E-state index is -0.0357. The number of fused-ring (bicyclic) bond motifs is 1. The summed E-state index contributed by atoms with van der Waals surface area (Å²) < 4.78 is 0. The molecule has 31 heavy (non-hydrogen) atoms. The molecule has 0 bridgehead atoms. The van der Waals surface area contributed by atoms with Gasteiger partial charge in [-0.2, -0.15) is 0 Å². The van der Waals surface area contributed by atoms with Crippen molar-refractivity contribution in [2.75, 3.05) is 45.1 Å². The zero-order valence-corrected chi connectivity index (χ0v) is 19.2. The summed E-state index contributed by atoms with van der Waals surface area (Å²) in [6.07, 6.45) is 5.52. The number of nitrogens with zero attached hydrogens (tertiary/aromatic N) is 5. The lowest BCUT2D eigenvalue weighted by Crippen LogP contribution is -2.38. The maximum atomic E-state index is 13.2. The second kappa shape index (κ2) is 9.51. The molecular formula is C23H36N6O2. The van der Waals surface area contributed by atoms with Crippen LogP contribution in [-0.4, -0.2) is 76.3 Å². The summed E-state index contributed by atoms with van der Waals surface area (Å²) in [6.45, 7) is 9.15. The summed E-state index contributed by atoms with van der Waals surface area (Å²) >= 11 is 0. The van der Waals surface area contributed by atoms with Gasteiger partial charge in [0.05, 0.1) is 18.3 Å². The summed E-state index contributed by atoms with van der Waals surface area (Å²) in [7, 11) is 1.86. The van der Waals surface area contributed by atoms with E-state index in [1.165, 1.54) is 0 Å². The molecule has 2 fully saturated rings. The van der Waals surface area contributed by atoms with Gasteiger partial charge in [0.2, 0.25) is 11.8 Å². The number of hydrogen-bond acceptors (Lipinski definition) is 6. The van der Waals surface area contributed by atoms with E-state index in [4.69, 9.17) is 9.97 Å². The zero-order chi connectivity index (χ0) is 22.0. The number of anilines is 1. The van der Waals surface area contributed by atoms with Gasteiger partial charge in [0.15, 0.2) is 5.82 Å². The van der Waals surface area contributed by atoms with Crippen molar-refractivity contribution < 1.29 is 9.59 Å². The Labute approximate surface area is 185 Å². The van der Waals surface area contributed by atoms with E-state index in [-0.39, 0.29) is 17.9 Å². The van der Waals surface area contributed by atoms with Gasteiger partial charge < -0.3 is 20.0 Å². The topological polar surface area (TPSA) is 81.7 Å². The maximum absolute atomic E-state index is 13.2. The number of aromatic nitrogens is 2. The van der Waals surface area contributed by atoms with E-state index in [1.807, 2.05) is 16.8 Å². The molecule has 4 heterocycles. The van der Waals surface area contributed by atoms with Gasteiger partial charge in [-0.15, -0.1) is 0 Å². The van der Waals surface area contributed by atoms with E-state index in [2.05, 4.69) is 17.1 Å². The van der Waals surface area contributed by atoms with Crippen molar-refractivity contribution >= 4 is 17.6 Å². The number of nitrogens with one attached hydrogen (secondary N) is 1. The summed E-state index contributed by atoms with van der Waals surface area (Å²) in [5, 5.41) is 3.20. The monoisotopic (exact) mass is 428 g/mol. The van der Waals surface area contributed by atoms with Crippen molar-refractivity contribution in [2.45, 2.75) is 65.0 Å². The van der Waals surface area contributed by atoms with Gasteiger partial charge in [-0.25, -0.2) is 9.97 Å². The molecule has 0 saturated carbocycles. The number of piperidine rings is 1. The number of likely N-dealkylation sites (tertiary alicyclic amines) is 2. The second-order valence-electron chi connectivity index (χ2n) is 9.12. The Bertz CT molecular complexity index is 803. The smallest absolute Gasteiger partial charge is 0.223 e. The summed E-state index contributed by atoms with van der Waals surface area (Å²) in [4.78, 5) is 41.1. The SMILES string of the molecule is CCN1CCC(CC(=O)N2CCC[C@H]2c2nc3c(c(NC)n2)CN(C(C)=O)CC3)CC1. The molecule has 3 aliphatic rings. The van der Waals surface area contributed by atoms with E-state index in [0.717, 1.165) is 81.2 Å². The molecule has 1 atom stereocenters. The minimum absolute atomic E-state index is 0.0357. The van der Waals surface area contributed by atoms with E-state index in [1.54, 1.807) is 6.92 Å². The molecular weight excluding hydrogens is 392 g/mol. The molecule has 1 aromatic heterocycles. The van der Waals surface area contributed by atoms with Gasteiger partial charge in [-0.05, 0) is 51.2 Å². The molecule has 3 aliphatic heterocycles. The van der Waals surface area contributed by atoms with Gasteiger partial charge in [-0.1, -0.05) is 6.92 Å². The molecule has 0 aliphatic carbocycles. The largest absolute Gasteiger partial charge is 0.373 e. The van der Waals surface area contributed by atoms with Crippen molar-refractivity contribution in [3.63, 3.8) is 0 Å². The highest BCUT2D eigenvalue weighted by Crippen LogP contribution is 2.34. The van der Waals surface area contributed by atoms with Crippen LogP contribution in [0.4, 0.5) is 5.82 Å². The standard InChI is InChI=1S/C23H36N6O2/c1-4-27-11-7-17(8-12-27)14-21(31)29-10-5-6-20(29)23-25-19-9-13-28(16(2)30)15-18(19)22(24-3)26-23/h17,20H,4-15H2,1-3H3,(H,24,25,26)/t20-/m0/s1. The zero-order valence-electron chi connectivity index (χ0n) is 19.2. The van der Waals surface area contributed by atoms with Crippen LogP contribution in [0.3, 0.4) is 0 Å². The van der Waals surface area contributed by atoms with Crippen LogP contribution in [0, 0.1) is 5.92 Å². The van der Waals surface area contributed by atoms with Gasteiger partial charge in [0.25, 0.3) is 0 Å². The third kappa shape index (κ3) is 4.68. The van der Waals surface area contributed by atoms with Crippen LogP contribution in [0.1, 0.15) is 69.1 Å². The van der Waals surface area contributed by atoms with Crippen LogP contribution in [0.2, 0.25) is 0 Å². The first-order chi connectivity index (χ1) is 15.0. The highest BCUT2D eigenvalue weighted by molar-refractivity contribution is 5.77. The van der Waals surface area contributed by atoms with E-state index < -0.39 is 0 Å². The third-order valence-electron chi connectivity index (χ3n) is 7.25. The third-order valence-corrected chi connectivity index (χ3v) is 7.25. The Kier molecular flexibility index (Phi) is 6.74. The Morgan fingerprint density at radius 1 is 1.10 bits per heavy atom. The number of amides is 2. The first kappa shape index (κ1) is 22.0. The number of hydrogen-bond donors (Lipinski definition) is 1. The maximum Gasteiger partial charge on any atom is 0.223 e. The predicted octanol–water partition coefficient (Wildman–Crippen LogP) is 2.21. The Morgan fingerprint density at radius 3 is 2.55 bits per heavy atom. The average Bonchev–Trinajstić information content (AvgIpc) is 3.28. The van der Waals surface area contributed by atoms with E-state index >= 15 is 0 Å². The molecule has 8 nitrogen and oxygen atoms in total. The van der Waals surface area contributed by atoms with Crippen LogP contribution >= 0.6 is 0 Å². The number of carbonyl (C=O) groups excluding carboxylic acids is 2. The molecule has 0 unspecified atom stereocenters. The van der Waals surface area contributed by atoms with Crippen molar-refractivity contribution in [1.82, 2.24) is 24.7 Å². The van der Waals surface area contributed by atoms with Crippen LogP contribution in [0.25, 0.3) is 0 Å². The normalized spacial score (nSPS) is 22.5. The Balaban J connectivity index is 1.48. The predicted molar refractivity (Wildman–Crippen MR) is 120 cm³/mol. The first-order valence-electron chi connectivity index (χ1n) is 11.8.